The summed E-state index contributed by atoms with van der Waals surface area (Å²) in [6.45, 7) is 7.35. The highest BCUT2D eigenvalue weighted by atomic mass is 35.5. The molecule has 0 saturated carbocycles. The third-order valence-electron chi connectivity index (χ3n) is 2.52. The van der Waals surface area contributed by atoms with E-state index in [0.29, 0.717) is 6.04 Å². The Bertz CT molecular complexity index is 403. The van der Waals surface area contributed by atoms with Crippen LogP contribution in [0.25, 0.3) is 0 Å². The van der Waals surface area contributed by atoms with Gasteiger partial charge in [-0.05, 0) is 32.9 Å². The molecule has 1 aliphatic rings. The molecule has 0 saturated heterocycles. The van der Waals surface area contributed by atoms with E-state index in [1.54, 1.807) is 11.9 Å². The van der Waals surface area contributed by atoms with Gasteiger partial charge in [-0.25, -0.2) is 0 Å². The number of ether oxygens (including phenoxy) is 1. The predicted octanol–water partition coefficient (Wildman–Crippen LogP) is 4.20. The first-order valence-electron chi connectivity index (χ1n) is 5.81. The van der Waals surface area contributed by atoms with Crippen molar-refractivity contribution < 1.29 is 4.74 Å². The van der Waals surface area contributed by atoms with Gasteiger partial charge in [-0.2, -0.15) is 0 Å². The Morgan fingerprint density at radius 3 is 2.88 bits per heavy atom. The summed E-state index contributed by atoms with van der Waals surface area (Å²) in [5, 5.41) is 0.730. The minimum absolute atomic E-state index is 0.213. The van der Waals surface area contributed by atoms with Crippen LogP contribution in [-0.2, 0) is 0 Å². The molecule has 0 aromatic heterocycles. The van der Waals surface area contributed by atoms with Crippen LogP contribution in [0.2, 0.25) is 5.02 Å². The maximum absolute atomic E-state index is 5.97. The molecule has 4 heteroatoms. The number of halogens is 1. The molecule has 1 unspecified atom stereocenters. The Morgan fingerprint density at radius 2 is 2.18 bits per heavy atom. The summed E-state index contributed by atoms with van der Waals surface area (Å²) in [7, 11) is 0. The number of fused-ring (bicyclic) bond motifs is 1. The zero-order valence-corrected chi connectivity index (χ0v) is 12.0. The van der Waals surface area contributed by atoms with Crippen molar-refractivity contribution in [2.75, 3.05) is 6.61 Å². The van der Waals surface area contributed by atoms with Gasteiger partial charge in [0.25, 0.3) is 0 Å². The quantitative estimate of drug-likeness (QED) is 0.815. The highest BCUT2D eigenvalue weighted by Gasteiger charge is 2.23. The summed E-state index contributed by atoms with van der Waals surface area (Å²) < 4.78 is 9.38. The van der Waals surface area contributed by atoms with E-state index in [9.17, 15) is 0 Å². The zero-order valence-electron chi connectivity index (χ0n) is 10.4. The summed E-state index contributed by atoms with van der Waals surface area (Å²) in [6.07, 6.45) is 0.998. The lowest BCUT2D eigenvalue weighted by molar-refractivity contribution is 0.264. The molecule has 2 rings (SSSR count). The van der Waals surface area contributed by atoms with Gasteiger partial charge in [0.1, 0.15) is 5.75 Å². The molecule has 1 N–H and O–H groups in total. The fourth-order valence-corrected chi connectivity index (χ4v) is 2.64. The average molecular weight is 272 g/mol. The lowest BCUT2D eigenvalue weighted by Crippen LogP contribution is -2.26. The third-order valence-corrected chi connectivity index (χ3v) is 3.77. The Hall–Kier alpha value is -0.380. The van der Waals surface area contributed by atoms with Crippen molar-refractivity contribution in [1.82, 2.24) is 4.72 Å². The molecule has 1 atom stereocenters. The number of hydrogen-bond donors (Lipinski definition) is 1. The average Bonchev–Trinajstić information content (AvgIpc) is 2.24. The molecule has 0 aliphatic carbocycles. The van der Waals surface area contributed by atoms with Gasteiger partial charge in [0, 0.05) is 27.8 Å². The van der Waals surface area contributed by atoms with Crippen molar-refractivity contribution in [2.45, 2.75) is 38.0 Å². The Labute approximate surface area is 112 Å². The molecule has 0 amide bonds. The minimum atomic E-state index is 0.213. The van der Waals surface area contributed by atoms with Crippen LogP contribution in [0.3, 0.4) is 0 Å². The van der Waals surface area contributed by atoms with Crippen LogP contribution in [0, 0.1) is 0 Å². The third kappa shape index (κ3) is 3.54. The van der Waals surface area contributed by atoms with E-state index < -0.39 is 0 Å². The molecule has 94 valence electrons. The van der Waals surface area contributed by atoms with Gasteiger partial charge in [0.2, 0.25) is 0 Å². The molecule has 2 nitrogen and oxygen atoms in total. The molecule has 0 radical (unpaired) electrons. The molecule has 0 spiro atoms. The summed E-state index contributed by atoms with van der Waals surface area (Å²) in [6, 6.07) is 6.22. The lowest BCUT2D eigenvalue weighted by Gasteiger charge is -2.29. The van der Waals surface area contributed by atoms with Crippen LogP contribution < -0.4 is 9.46 Å². The number of rotatable bonds is 2. The first-order valence-corrected chi connectivity index (χ1v) is 7.01. The second kappa shape index (κ2) is 5.09. The smallest absolute Gasteiger partial charge is 0.125 e. The van der Waals surface area contributed by atoms with E-state index in [-0.39, 0.29) is 4.75 Å². The lowest BCUT2D eigenvalue weighted by atomic mass is 10.0. The zero-order chi connectivity index (χ0) is 12.5. The fraction of sp³-hybridized carbons (Fsp3) is 0.538. The Balaban J connectivity index is 2.12. The maximum Gasteiger partial charge on any atom is 0.125 e. The highest BCUT2D eigenvalue weighted by Crippen LogP contribution is 2.36. The predicted molar refractivity (Wildman–Crippen MR) is 74.8 cm³/mol. The summed E-state index contributed by atoms with van der Waals surface area (Å²) in [5.74, 6) is 0.913. The SMILES string of the molecule is CC(C)(C)SNC1CCOc2cc(Cl)ccc21. The van der Waals surface area contributed by atoms with E-state index in [1.807, 2.05) is 12.1 Å². The Kier molecular flexibility index (Phi) is 3.91. The van der Waals surface area contributed by atoms with Gasteiger partial charge in [-0.1, -0.05) is 29.6 Å². The van der Waals surface area contributed by atoms with Crippen molar-refractivity contribution in [3.8, 4) is 5.75 Å². The molecule has 1 aromatic rings. The van der Waals surface area contributed by atoms with Crippen molar-refractivity contribution in [2.24, 2.45) is 0 Å². The monoisotopic (exact) mass is 271 g/mol. The van der Waals surface area contributed by atoms with E-state index in [0.717, 1.165) is 23.8 Å². The van der Waals surface area contributed by atoms with Crippen LogP contribution in [-0.4, -0.2) is 11.4 Å². The molecule has 0 fully saturated rings. The molecular weight excluding hydrogens is 254 g/mol. The van der Waals surface area contributed by atoms with Crippen molar-refractivity contribution >= 4 is 23.5 Å². The summed E-state index contributed by atoms with van der Waals surface area (Å²) in [4.78, 5) is 0. The standard InChI is InChI=1S/C13H18ClNOS/c1-13(2,3)17-15-11-6-7-16-12-8-9(14)4-5-10(11)12/h4-5,8,11,15H,6-7H2,1-3H3. The molecular formula is C13H18ClNOS. The van der Waals surface area contributed by atoms with Gasteiger partial charge >= 0.3 is 0 Å². The molecule has 1 aromatic carbocycles. The van der Waals surface area contributed by atoms with Gasteiger partial charge in [-0.3, -0.25) is 4.72 Å². The van der Waals surface area contributed by atoms with Crippen LogP contribution >= 0.6 is 23.5 Å². The van der Waals surface area contributed by atoms with Crippen LogP contribution in [0.1, 0.15) is 38.8 Å². The van der Waals surface area contributed by atoms with Crippen molar-refractivity contribution in [1.29, 1.82) is 0 Å². The fourth-order valence-electron chi connectivity index (χ4n) is 1.73. The number of benzene rings is 1. The first kappa shape index (κ1) is 13.1. The normalized spacial score (nSPS) is 19.6. The number of nitrogens with one attached hydrogen (secondary N) is 1. The second-order valence-corrected chi connectivity index (χ2v) is 7.31. The molecule has 17 heavy (non-hydrogen) atoms. The van der Waals surface area contributed by atoms with Crippen LogP contribution in [0.4, 0.5) is 0 Å². The maximum atomic E-state index is 5.97. The minimum Gasteiger partial charge on any atom is -0.493 e. The van der Waals surface area contributed by atoms with Gasteiger partial charge < -0.3 is 4.74 Å². The van der Waals surface area contributed by atoms with E-state index in [4.69, 9.17) is 16.3 Å². The van der Waals surface area contributed by atoms with Gasteiger partial charge in [0.15, 0.2) is 0 Å². The van der Waals surface area contributed by atoms with Gasteiger partial charge in [-0.15, -0.1) is 0 Å². The van der Waals surface area contributed by atoms with E-state index >= 15 is 0 Å². The largest absolute Gasteiger partial charge is 0.493 e. The van der Waals surface area contributed by atoms with Crippen molar-refractivity contribution in [3.63, 3.8) is 0 Å². The number of hydrogen-bond acceptors (Lipinski definition) is 3. The molecule has 1 heterocycles. The topological polar surface area (TPSA) is 21.3 Å². The molecule has 0 bridgehead atoms. The summed E-state index contributed by atoms with van der Waals surface area (Å²) in [5.41, 5.74) is 1.21. The summed E-state index contributed by atoms with van der Waals surface area (Å²) >= 11 is 7.74. The highest BCUT2D eigenvalue weighted by molar-refractivity contribution is 7.98. The van der Waals surface area contributed by atoms with E-state index in [2.05, 4.69) is 31.6 Å². The van der Waals surface area contributed by atoms with Crippen molar-refractivity contribution in [3.05, 3.63) is 28.8 Å². The van der Waals surface area contributed by atoms with Crippen LogP contribution in [0.15, 0.2) is 18.2 Å². The molecule has 1 aliphatic heterocycles. The van der Waals surface area contributed by atoms with Crippen LogP contribution in [0.5, 0.6) is 5.75 Å². The van der Waals surface area contributed by atoms with E-state index in [1.165, 1.54) is 5.56 Å². The van der Waals surface area contributed by atoms with Gasteiger partial charge in [0.05, 0.1) is 6.61 Å². The Morgan fingerprint density at radius 1 is 1.41 bits per heavy atom. The first-order chi connectivity index (χ1) is 7.96. The second-order valence-electron chi connectivity index (χ2n) is 5.20.